The minimum atomic E-state index is -0.263. The van der Waals surface area contributed by atoms with Gasteiger partial charge in [-0.15, -0.1) is 0 Å². The van der Waals surface area contributed by atoms with Crippen molar-refractivity contribution in [3.05, 3.63) is 42.0 Å². The molecule has 2 aromatic heterocycles. The lowest BCUT2D eigenvalue weighted by molar-refractivity contribution is 0.0816. The maximum absolute atomic E-state index is 10.4. The molecule has 1 saturated heterocycles. The zero-order valence-corrected chi connectivity index (χ0v) is 15.3. The quantitative estimate of drug-likeness (QED) is 0.761. The molecule has 7 heteroatoms. The van der Waals surface area contributed by atoms with Crippen LogP contribution in [0.4, 0.5) is 5.82 Å². The van der Waals surface area contributed by atoms with Crippen molar-refractivity contribution in [2.45, 2.75) is 19.8 Å². The van der Waals surface area contributed by atoms with Gasteiger partial charge in [-0.05, 0) is 18.1 Å². The van der Waals surface area contributed by atoms with Gasteiger partial charge in [0.25, 0.3) is 5.71 Å². The van der Waals surface area contributed by atoms with Crippen LogP contribution in [0.15, 0.2) is 35.0 Å². The molecule has 1 aromatic carbocycles. The Labute approximate surface area is 157 Å². The van der Waals surface area contributed by atoms with Gasteiger partial charge in [0.05, 0.1) is 13.2 Å². The predicted octanol–water partition coefficient (Wildman–Crippen LogP) is 2.23. The Morgan fingerprint density at radius 2 is 2.19 bits per heavy atom. The van der Waals surface area contributed by atoms with E-state index in [1.807, 2.05) is 25.1 Å². The van der Waals surface area contributed by atoms with Crippen LogP contribution in [0.5, 0.6) is 5.75 Å². The maximum atomic E-state index is 10.4. The number of oxazole rings is 1. The average Bonchev–Trinajstić information content (AvgIpc) is 3.25. The molecule has 0 aliphatic carbocycles. The lowest BCUT2D eigenvalue weighted by atomic mass is 9.75. The Morgan fingerprint density at radius 3 is 3.04 bits per heavy atom. The van der Waals surface area contributed by atoms with Gasteiger partial charge in [0.1, 0.15) is 12.1 Å². The van der Waals surface area contributed by atoms with Crippen molar-refractivity contribution in [2.75, 3.05) is 31.2 Å². The van der Waals surface area contributed by atoms with Gasteiger partial charge in [-0.25, -0.2) is 9.97 Å². The fraction of sp³-hybridized carbons (Fsp3) is 0.450. The van der Waals surface area contributed by atoms with Crippen LogP contribution < -0.4 is 9.64 Å². The largest absolute Gasteiger partial charge is 0.493 e. The molecule has 1 N–H and O–H groups in total. The van der Waals surface area contributed by atoms with E-state index in [4.69, 9.17) is 9.15 Å². The summed E-state index contributed by atoms with van der Waals surface area (Å²) < 4.78 is 11.8. The van der Waals surface area contributed by atoms with Crippen LogP contribution in [-0.2, 0) is 12.8 Å². The molecule has 1 fully saturated rings. The van der Waals surface area contributed by atoms with Gasteiger partial charge in [0, 0.05) is 30.8 Å². The first-order chi connectivity index (χ1) is 13.2. The van der Waals surface area contributed by atoms with Crippen molar-refractivity contribution in [2.24, 2.45) is 11.3 Å². The maximum Gasteiger partial charge on any atom is 0.252 e. The van der Waals surface area contributed by atoms with Crippen molar-refractivity contribution in [3.63, 3.8) is 0 Å². The molecule has 5 rings (SSSR count). The van der Waals surface area contributed by atoms with E-state index in [0.29, 0.717) is 36.7 Å². The van der Waals surface area contributed by atoms with Gasteiger partial charge in [-0.3, -0.25) is 0 Å². The van der Waals surface area contributed by atoms with Crippen molar-refractivity contribution in [1.82, 2.24) is 15.0 Å². The number of ether oxygens (including phenoxy) is 1. The molecule has 0 spiro atoms. The van der Waals surface area contributed by atoms with E-state index >= 15 is 0 Å². The number of aliphatic hydroxyl groups excluding tert-OH is 1. The van der Waals surface area contributed by atoms with Crippen LogP contribution in [0.1, 0.15) is 18.4 Å². The molecule has 3 aromatic rings. The highest BCUT2D eigenvalue weighted by atomic mass is 16.5. The van der Waals surface area contributed by atoms with Crippen LogP contribution >= 0.6 is 0 Å². The summed E-state index contributed by atoms with van der Waals surface area (Å²) in [5.74, 6) is 2.57. The lowest BCUT2D eigenvalue weighted by Crippen LogP contribution is -2.38. The fourth-order valence-electron chi connectivity index (χ4n) is 4.39. The summed E-state index contributed by atoms with van der Waals surface area (Å²) in [5, 5.41) is 10.4. The first-order valence-electron chi connectivity index (χ1n) is 9.39. The monoisotopic (exact) mass is 366 g/mol. The second-order valence-electron chi connectivity index (χ2n) is 7.51. The molecule has 0 radical (unpaired) electrons. The summed E-state index contributed by atoms with van der Waals surface area (Å²) in [6.07, 6.45) is 3.02. The van der Waals surface area contributed by atoms with Gasteiger partial charge in [0.2, 0.25) is 0 Å². The highest BCUT2D eigenvalue weighted by Gasteiger charge is 2.49. The van der Waals surface area contributed by atoms with Crippen LogP contribution in [0.2, 0.25) is 0 Å². The standard InChI is InChI=1S/C20H22N4O3/c1-2-16-23-17-18(21-12-22-19(17)27-16)24-8-14-9-26-15-6-4-3-5-13(15)7-20(14,10-24)11-25/h3-6,12,14,25H,2,7-11H2,1H3/t14-,20-/m0/s1. The number of anilines is 1. The number of rotatable bonds is 3. The number of aromatic nitrogens is 3. The van der Waals surface area contributed by atoms with Crippen LogP contribution in [0.3, 0.4) is 0 Å². The van der Waals surface area contributed by atoms with Gasteiger partial charge >= 0.3 is 0 Å². The van der Waals surface area contributed by atoms with Crippen LogP contribution in [0, 0.1) is 11.3 Å². The molecule has 7 nitrogen and oxygen atoms in total. The molecule has 27 heavy (non-hydrogen) atoms. The molecular weight excluding hydrogens is 344 g/mol. The highest BCUT2D eigenvalue weighted by Crippen LogP contribution is 2.45. The molecular formula is C20H22N4O3. The fourth-order valence-corrected chi connectivity index (χ4v) is 4.39. The predicted molar refractivity (Wildman–Crippen MR) is 99.8 cm³/mol. The zero-order chi connectivity index (χ0) is 18.4. The third-order valence-corrected chi connectivity index (χ3v) is 5.90. The molecule has 2 atom stereocenters. The average molecular weight is 366 g/mol. The number of fused-ring (bicyclic) bond motifs is 3. The Hall–Kier alpha value is -2.67. The van der Waals surface area contributed by atoms with E-state index in [-0.39, 0.29) is 17.9 Å². The van der Waals surface area contributed by atoms with Gasteiger partial charge in [-0.2, -0.15) is 4.98 Å². The first-order valence-corrected chi connectivity index (χ1v) is 9.39. The molecule has 0 bridgehead atoms. The van der Waals surface area contributed by atoms with E-state index in [0.717, 1.165) is 30.1 Å². The zero-order valence-electron chi connectivity index (χ0n) is 15.3. The number of aryl methyl sites for hydroxylation is 1. The minimum absolute atomic E-state index is 0.110. The van der Waals surface area contributed by atoms with Crippen molar-refractivity contribution in [3.8, 4) is 5.75 Å². The number of aliphatic hydroxyl groups is 1. The highest BCUT2D eigenvalue weighted by molar-refractivity contribution is 5.82. The van der Waals surface area contributed by atoms with E-state index < -0.39 is 0 Å². The smallest absolute Gasteiger partial charge is 0.252 e. The summed E-state index contributed by atoms with van der Waals surface area (Å²) in [6.45, 7) is 4.16. The molecule has 0 amide bonds. The molecule has 0 unspecified atom stereocenters. The number of nitrogens with zero attached hydrogens (tertiary/aromatic N) is 4. The van der Waals surface area contributed by atoms with E-state index in [2.05, 4.69) is 25.9 Å². The van der Waals surface area contributed by atoms with Crippen LogP contribution in [-0.4, -0.2) is 46.4 Å². The van der Waals surface area contributed by atoms with Gasteiger partial charge in [-0.1, -0.05) is 25.1 Å². The summed E-state index contributed by atoms with van der Waals surface area (Å²) in [4.78, 5) is 15.5. The lowest BCUT2D eigenvalue weighted by Gasteiger charge is -2.30. The van der Waals surface area contributed by atoms with E-state index in [1.54, 1.807) is 0 Å². The van der Waals surface area contributed by atoms with Crippen LogP contribution in [0.25, 0.3) is 11.2 Å². The normalized spacial score (nSPS) is 24.4. The van der Waals surface area contributed by atoms with Gasteiger partial charge < -0.3 is 19.2 Å². The van der Waals surface area contributed by atoms with Crippen molar-refractivity contribution >= 4 is 17.0 Å². The third kappa shape index (κ3) is 2.56. The second-order valence-corrected chi connectivity index (χ2v) is 7.51. The molecule has 2 aliphatic heterocycles. The molecule has 0 saturated carbocycles. The molecule has 2 aliphatic rings. The van der Waals surface area contributed by atoms with Crippen molar-refractivity contribution < 1.29 is 14.3 Å². The number of benzene rings is 1. The number of hydrogen-bond acceptors (Lipinski definition) is 7. The summed E-state index contributed by atoms with van der Waals surface area (Å²) in [6, 6.07) is 8.11. The number of hydrogen-bond donors (Lipinski definition) is 1. The summed E-state index contributed by atoms with van der Waals surface area (Å²) >= 11 is 0. The van der Waals surface area contributed by atoms with Gasteiger partial charge in [0.15, 0.2) is 17.2 Å². The SMILES string of the molecule is CCc1nc2c(N3C[C@H]4COc5ccccc5C[C@@]4(CO)C3)ncnc2o1. The summed E-state index contributed by atoms with van der Waals surface area (Å²) in [5.41, 5.74) is 2.10. The number of para-hydroxylation sites is 1. The van der Waals surface area contributed by atoms with Crippen molar-refractivity contribution in [1.29, 1.82) is 0 Å². The first kappa shape index (κ1) is 16.5. The Morgan fingerprint density at radius 1 is 1.30 bits per heavy atom. The minimum Gasteiger partial charge on any atom is -0.493 e. The Bertz CT molecular complexity index is 988. The molecule has 140 valence electrons. The van der Waals surface area contributed by atoms with E-state index in [1.165, 1.54) is 6.33 Å². The molecule has 4 heterocycles. The van der Waals surface area contributed by atoms with E-state index in [9.17, 15) is 5.11 Å². The Balaban J connectivity index is 1.53. The Kier molecular flexibility index (Phi) is 3.79. The second kappa shape index (κ2) is 6.20. The topological polar surface area (TPSA) is 84.5 Å². The summed E-state index contributed by atoms with van der Waals surface area (Å²) in [7, 11) is 0. The third-order valence-electron chi connectivity index (χ3n) is 5.90.